The van der Waals surface area contributed by atoms with Crippen molar-refractivity contribution in [2.45, 2.75) is 57.7 Å². The molecule has 23 heavy (non-hydrogen) atoms. The zero-order valence-electron chi connectivity index (χ0n) is 13.6. The smallest absolute Gasteiger partial charge is 0.407 e. The Bertz CT molecular complexity index is 619. The van der Waals surface area contributed by atoms with Gasteiger partial charge in [0.2, 0.25) is 0 Å². The van der Waals surface area contributed by atoms with Gasteiger partial charge in [0.1, 0.15) is 11.7 Å². The summed E-state index contributed by atoms with van der Waals surface area (Å²) in [4.78, 5) is 11.8. The molecule has 1 aliphatic carbocycles. The quantitative estimate of drug-likeness (QED) is 0.873. The van der Waals surface area contributed by atoms with Crippen LogP contribution in [-0.4, -0.2) is 23.8 Å². The van der Waals surface area contributed by atoms with Crippen LogP contribution in [0.4, 0.5) is 10.5 Å². The van der Waals surface area contributed by atoms with Gasteiger partial charge in [-0.2, -0.15) is 5.26 Å². The summed E-state index contributed by atoms with van der Waals surface area (Å²) in [5.74, 6) is 0. The molecule has 5 nitrogen and oxygen atoms in total. The number of halogens is 1. The third-order valence-electron chi connectivity index (χ3n) is 3.62. The Hall–Kier alpha value is -1.93. The Morgan fingerprint density at radius 2 is 2.04 bits per heavy atom. The van der Waals surface area contributed by atoms with E-state index in [4.69, 9.17) is 21.6 Å². The molecule has 0 bridgehead atoms. The summed E-state index contributed by atoms with van der Waals surface area (Å²) in [5.41, 5.74) is 0.809. The van der Waals surface area contributed by atoms with Crippen LogP contribution in [0.15, 0.2) is 18.2 Å². The van der Waals surface area contributed by atoms with E-state index >= 15 is 0 Å². The first-order chi connectivity index (χ1) is 10.8. The first kappa shape index (κ1) is 17.4. The molecular weight excluding hydrogens is 314 g/mol. The lowest BCUT2D eigenvalue weighted by atomic mass is 10.1. The predicted octanol–water partition coefficient (Wildman–Crippen LogP) is 4.07. The molecule has 1 aliphatic rings. The summed E-state index contributed by atoms with van der Waals surface area (Å²) in [6, 6.07) is 7.59. The van der Waals surface area contributed by atoms with Gasteiger partial charge in [-0.1, -0.05) is 11.6 Å². The van der Waals surface area contributed by atoms with E-state index in [0.29, 0.717) is 10.6 Å². The molecule has 0 saturated heterocycles. The fourth-order valence-corrected chi connectivity index (χ4v) is 2.84. The molecule has 0 radical (unpaired) electrons. The zero-order chi connectivity index (χ0) is 17.0. The van der Waals surface area contributed by atoms with Crippen LogP contribution in [0.25, 0.3) is 0 Å². The highest BCUT2D eigenvalue weighted by Crippen LogP contribution is 2.27. The van der Waals surface area contributed by atoms with E-state index in [2.05, 4.69) is 16.7 Å². The van der Waals surface area contributed by atoms with Crippen LogP contribution in [0.2, 0.25) is 5.02 Å². The summed E-state index contributed by atoms with van der Waals surface area (Å²) < 4.78 is 5.27. The van der Waals surface area contributed by atoms with Gasteiger partial charge in [-0.3, -0.25) is 0 Å². The van der Waals surface area contributed by atoms with Crippen molar-refractivity contribution in [1.82, 2.24) is 5.32 Å². The molecule has 1 aromatic carbocycles. The van der Waals surface area contributed by atoms with Gasteiger partial charge >= 0.3 is 6.09 Å². The number of carbonyl (C=O) groups excluding carboxylic acids is 1. The number of benzene rings is 1. The van der Waals surface area contributed by atoms with Crippen LogP contribution < -0.4 is 10.6 Å². The number of rotatable bonds is 3. The Balaban J connectivity index is 1.90. The van der Waals surface area contributed by atoms with Crippen molar-refractivity contribution in [2.24, 2.45) is 0 Å². The van der Waals surface area contributed by atoms with Gasteiger partial charge in [0.25, 0.3) is 0 Å². The Kier molecular flexibility index (Phi) is 5.38. The van der Waals surface area contributed by atoms with Gasteiger partial charge in [-0.25, -0.2) is 4.79 Å². The lowest BCUT2D eigenvalue weighted by molar-refractivity contribution is 0.0505. The van der Waals surface area contributed by atoms with E-state index in [1.807, 2.05) is 20.8 Å². The van der Waals surface area contributed by atoms with Crippen LogP contribution in [0, 0.1) is 11.3 Å². The second kappa shape index (κ2) is 7.10. The zero-order valence-corrected chi connectivity index (χ0v) is 14.4. The molecule has 0 spiro atoms. The third-order valence-corrected chi connectivity index (χ3v) is 3.85. The van der Waals surface area contributed by atoms with Crippen molar-refractivity contribution in [3.05, 3.63) is 28.8 Å². The summed E-state index contributed by atoms with van der Waals surface area (Å²) in [6.07, 6.45) is 2.19. The first-order valence-electron chi connectivity index (χ1n) is 7.72. The second-order valence-electron chi connectivity index (χ2n) is 6.80. The molecule has 0 aliphatic heterocycles. The molecule has 6 heteroatoms. The summed E-state index contributed by atoms with van der Waals surface area (Å²) in [5, 5.41) is 16.0. The number of nitrogens with zero attached hydrogens (tertiary/aromatic N) is 1. The molecule has 1 amide bonds. The molecule has 1 aromatic rings. The van der Waals surface area contributed by atoms with Crippen molar-refractivity contribution in [1.29, 1.82) is 5.26 Å². The molecule has 2 atom stereocenters. The monoisotopic (exact) mass is 335 g/mol. The summed E-state index contributed by atoms with van der Waals surface area (Å²) >= 11 is 6.00. The lowest BCUT2D eigenvalue weighted by Gasteiger charge is -2.22. The minimum absolute atomic E-state index is 0.0760. The highest BCUT2D eigenvalue weighted by molar-refractivity contribution is 6.30. The number of amides is 1. The Morgan fingerprint density at radius 3 is 2.70 bits per heavy atom. The fourth-order valence-electron chi connectivity index (χ4n) is 2.67. The number of carbonyl (C=O) groups is 1. The summed E-state index contributed by atoms with van der Waals surface area (Å²) in [7, 11) is 0. The molecular formula is C17H22ClN3O2. The predicted molar refractivity (Wildman–Crippen MR) is 90.6 cm³/mol. The van der Waals surface area contributed by atoms with E-state index in [0.717, 1.165) is 24.9 Å². The maximum absolute atomic E-state index is 11.8. The topological polar surface area (TPSA) is 74.2 Å². The molecule has 0 heterocycles. The van der Waals surface area contributed by atoms with Crippen molar-refractivity contribution in [2.75, 3.05) is 5.32 Å². The average molecular weight is 336 g/mol. The van der Waals surface area contributed by atoms with E-state index < -0.39 is 5.60 Å². The van der Waals surface area contributed by atoms with E-state index in [-0.39, 0.29) is 18.2 Å². The van der Waals surface area contributed by atoms with Crippen LogP contribution >= 0.6 is 11.6 Å². The van der Waals surface area contributed by atoms with Gasteiger partial charge in [-0.15, -0.1) is 0 Å². The maximum Gasteiger partial charge on any atom is 0.407 e. The SMILES string of the molecule is CC(C)(C)OC(=O)NC1CCC(Nc2cc(Cl)ccc2C#N)C1. The molecule has 2 N–H and O–H groups in total. The molecule has 2 rings (SSSR count). The number of nitrogens with one attached hydrogen (secondary N) is 2. The average Bonchev–Trinajstić information content (AvgIpc) is 2.84. The number of ether oxygens (including phenoxy) is 1. The number of hydrogen-bond acceptors (Lipinski definition) is 4. The standard InChI is InChI=1S/C17H22ClN3O2/c1-17(2,3)23-16(22)21-14-7-6-13(9-14)20-15-8-12(18)5-4-11(15)10-19/h4-5,8,13-14,20H,6-7,9H2,1-3H3,(H,21,22). The van der Waals surface area contributed by atoms with Crippen LogP contribution in [-0.2, 0) is 4.74 Å². The largest absolute Gasteiger partial charge is 0.444 e. The van der Waals surface area contributed by atoms with E-state index in [9.17, 15) is 4.79 Å². The van der Waals surface area contributed by atoms with Crippen LogP contribution in [0.3, 0.4) is 0 Å². The molecule has 1 saturated carbocycles. The molecule has 1 fully saturated rings. The fraction of sp³-hybridized carbons (Fsp3) is 0.529. The van der Waals surface area contributed by atoms with Gasteiger partial charge in [-0.05, 0) is 58.2 Å². The minimum atomic E-state index is -0.497. The first-order valence-corrected chi connectivity index (χ1v) is 8.10. The second-order valence-corrected chi connectivity index (χ2v) is 7.24. The van der Waals surface area contributed by atoms with Crippen LogP contribution in [0.1, 0.15) is 45.6 Å². The summed E-state index contributed by atoms with van der Waals surface area (Å²) in [6.45, 7) is 5.52. The van der Waals surface area contributed by atoms with Gasteiger partial charge in [0.15, 0.2) is 0 Å². The van der Waals surface area contributed by atoms with Crippen molar-refractivity contribution >= 4 is 23.4 Å². The highest BCUT2D eigenvalue weighted by Gasteiger charge is 2.28. The lowest BCUT2D eigenvalue weighted by Crippen LogP contribution is -2.38. The third kappa shape index (κ3) is 5.33. The normalized spacial score (nSPS) is 20.7. The van der Waals surface area contributed by atoms with Gasteiger partial charge in [0.05, 0.1) is 11.3 Å². The van der Waals surface area contributed by atoms with E-state index in [1.165, 1.54) is 0 Å². The number of nitriles is 1. The Labute approximate surface area is 142 Å². The number of hydrogen-bond donors (Lipinski definition) is 2. The number of alkyl carbamates (subject to hydrolysis) is 1. The number of anilines is 1. The van der Waals surface area contributed by atoms with Gasteiger partial charge < -0.3 is 15.4 Å². The molecule has 124 valence electrons. The molecule has 2 unspecified atom stereocenters. The minimum Gasteiger partial charge on any atom is -0.444 e. The van der Waals surface area contributed by atoms with Crippen LogP contribution in [0.5, 0.6) is 0 Å². The van der Waals surface area contributed by atoms with Crippen molar-refractivity contribution in [3.8, 4) is 6.07 Å². The Morgan fingerprint density at radius 1 is 1.35 bits per heavy atom. The molecule has 0 aromatic heterocycles. The van der Waals surface area contributed by atoms with Crippen molar-refractivity contribution < 1.29 is 9.53 Å². The van der Waals surface area contributed by atoms with Gasteiger partial charge in [0, 0.05) is 17.1 Å². The maximum atomic E-state index is 11.8. The van der Waals surface area contributed by atoms with Crippen molar-refractivity contribution in [3.63, 3.8) is 0 Å². The van der Waals surface area contributed by atoms with E-state index in [1.54, 1.807) is 18.2 Å². The highest BCUT2D eigenvalue weighted by atomic mass is 35.5.